The van der Waals surface area contributed by atoms with E-state index in [-0.39, 0.29) is 0 Å². The number of nitrogens with zero attached hydrogens (tertiary/aromatic N) is 6. The number of likely N-dealkylation sites (N-methyl/N-ethyl adjacent to an activating group) is 1. The molecule has 0 spiro atoms. The van der Waals surface area contributed by atoms with Gasteiger partial charge in [0.1, 0.15) is 17.8 Å². The normalized spacial score (nSPS) is 14.3. The van der Waals surface area contributed by atoms with Crippen LogP contribution in [0, 0.1) is 0 Å². The Bertz CT molecular complexity index is 1350. The summed E-state index contributed by atoms with van der Waals surface area (Å²) in [6.07, 6.45) is 5.13. The Labute approximate surface area is 190 Å². The standard InChI is InChI=1S/C23H26N8O2/c1-29(2)9-10-31-14-26-18-4-3-16(11-20(18)31)27-21-17-12-19(28-22(17)25-13-24-21)15-5-7-30(8-6-15)23(32)33/h3-5,11-14H,6-10H2,1-2H3,(H,32,33)(H2,24,25,27,28). The fraction of sp³-hybridized carbons (Fsp3) is 0.304. The number of nitrogens with one attached hydrogen (secondary N) is 2. The molecule has 1 aliphatic heterocycles. The van der Waals surface area contributed by atoms with Gasteiger partial charge < -0.3 is 29.8 Å². The third kappa shape index (κ3) is 4.24. The first-order chi connectivity index (χ1) is 16.0. The van der Waals surface area contributed by atoms with E-state index in [1.165, 1.54) is 11.2 Å². The summed E-state index contributed by atoms with van der Waals surface area (Å²) in [4.78, 5) is 31.4. The van der Waals surface area contributed by atoms with E-state index in [1.54, 1.807) is 0 Å². The van der Waals surface area contributed by atoms with E-state index < -0.39 is 6.09 Å². The van der Waals surface area contributed by atoms with Gasteiger partial charge in [-0.2, -0.15) is 0 Å². The first kappa shape index (κ1) is 21.0. The molecule has 0 radical (unpaired) electrons. The van der Waals surface area contributed by atoms with Gasteiger partial charge in [-0.25, -0.2) is 19.7 Å². The van der Waals surface area contributed by atoms with Crippen molar-refractivity contribution in [3.8, 4) is 0 Å². The second kappa shape index (κ2) is 8.55. The minimum atomic E-state index is -0.890. The van der Waals surface area contributed by atoms with Crippen LogP contribution in [0.25, 0.3) is 27.6 Å². The number of rotatable bonds is 6. The van der Waals surface area contributed by atoms with Gasteiger partial charge in [0, 0.05) is 37.6 Å². The second-order valence-corrected chi connectivity index (χ2v) is 8.45. The molecule has 0 bridgehead atoms. The van der Waals surface area contributed by atoms with Crippen LogP contribution in [0.2, 0.25) is 0 Å². The van der Waals surface area contributed by atoms with Gasteiger partial charge in [-0.1, -0.05) is 6.08 Å². The number of H-pyrrole nitrogens is 1. The number of carboxylic acid groups (broad SMARTS) is 1. The summed E-state index contributed by atoms with van der Waals surface area (Å²) >= 11 is 0. The highest BCUT2D eigenvalue weighted by Gasteiger charge is 2.19. The Morgan fingerprint density at radius 2 is 2.12 bits per heavy atom. The number of amides is 1. The van der Waals surface area contributed by atoms with Crippen molar-refractivity contribution >= 4 is 45.2 Å². The van der Waals surface area contributed by atoms with Crippen molar-refractivity contribution < 1.29 is 9.90 Å². The monoisotopic (exact) mass is 446 g/mol. The molecular formula is C23H26N8O2. The summed E-state index contributed by atoms with van der Waals surface area (Å²) in [5.41, 5.74) is 5.71. The minimum absolute atomic E-state index is 0.387. The summed E-state index contributed by atoms with van der Waals surface area (Å²) in [5, 5.41) is 13.5. The van der Waals surface area contributed by atoms with Crippen LogP contribution >= 0.6 is 0 Å². The van der Waals surface area contributed by atoms with Gasteiger partial charge >= 0.3 is 6.09 Å². The van der Waals surface area contributed by atoms with Crippen LogP contribution in [-0.4, -0.2) is 79.2 Å². The maximum atomic E-state index is 11.2. The molecule has 4 heterocycles. The van der Waals surface area contributed by atoms with E-state index in [0.29, 0.717) is 25.3 Å². The molecular weight excluding hydrogens is 420 g/mol. The number of anilines is 2. The van der Waals surface area contributed by atoms with E-state index in [1.807, 2.05) is 30.6 Å². The highest BCUT2D eigenvalue weighted by Crippen LogP contribution is 2.30. The molecule has 0 saturated carbocycles. The average Bonchev–Trinajstić information content (AvgIpc) is 3.42. The predicted molar refractivity (Wildman–Crippen MR) is 128 cm³/mol. The third-order valence-corrected chi connectivity index (χ3v) is 5.92. The predicted octanol–water partition coefficient (Wildman–Crippen LogP) is 3.38. The van der Waals surface area contributed by atoms with Gasteiger partial charge in [0.2, 0.25) is 0 Å². The molecule has 1 aliphatic rings. The lowest BCUT2D eigenvalue weighted by molar-refractivity contribution is 0.150. The van der Waals surface area contributed by atoms with Crippen molar-refractivity contribution in [1.29, 1.82) is 0 Å². The summed E-state index contributed by atoms with van der Waals surface area (Å²) < 4.78 is 2.15. The van der Waals surface area contributed by atoms with Crippen molar-refractivity contribution in [2.24, 2.45) is 0 Å². The smallest absolute Gasteiger partial charge is 0.407 e. The summed E-state index contributed by atoms with van der Waals surface area (Å²) in [6.45, 7) is 2.66. The van der Waals surface area contributed by atoms with E-state index >= 15 is 0 Å². The van der Waals surface area contributed by atoms with Gasteiger partial charge in [0.05, 0.1) is 22.7 Å². The second-order valence-electron chi connectivity index (χ2n) is 8.45. The van der Waals surface area contributed by atoms with E-state index in [2.05, 4.69) is 54.9 Å². The Balaban J connectivity index is 1.42. The number of aromatic amines is 1. The number of hydrogen-bond donors (Lipinski definition) is 3. The zero-order chi connectivity index (χ0) is 22.9. The maximum Gasteiger partial charge on any atom is 0.407 e. The average molecular weight is 447 g/mol. The van der Waals surface area contributed by atoms with E-state index in [4.69, 9.17) is 5.11 Å². The quantitative estimate of drug-likeness (QED) is 0.416. The highest BCUT2D eigenvalue weighted by atomic mass is 16.4. The van der Waals surface area contributed by atoms with Gasteiger partial charge in [0.15, 0.2) is 0 Å². The third-order valence-electron chi connectivity index (χ3n) is 5.92. The molecule has 4 aromatic rings. The molecule has 33 heavy (non-hydrogen) atoms. The Morgan fingerprint density at radius 3 is 2.88 bits per heavy atom. The van der Waals surface area contributed by atoms with Crippen molar-refractivity contribution in [2.75, 3.05) is 39.0 Å². The topological polar surface area (TPSA) is 115 Å². The SMILES string of the molecule is CN(C)CCn1cnc2ccc(Nc3ncnc4[nH]c(C5=CCN(C(=O)O)CC5)cc34)cc21. The fourth-order valence-electron chi connectivity index (χ4n) is 4.06. The van der Waals surface area contributed by atoms with Gasteiger partial charge in [-0.15, -0.1) is 0 Å². The molecule has 170 valence electrons. The zero-order valence-electron chi connectivity index (χ0n) is 18.6. The van der Waals surface area contributed by atoms with Crippen LogP contribution in [0.1, 0.15) is 12.1 Å². The largest absolute Gasteiger partial charge is 0.465 e. The number of fused-ring (bicyclic) bond motifs is 2. The lowest BCUT2D eigenvalue weighted by Gasteiger charge is -2.23. The maximum absolute atomic E-state index is 11.2. The lowest BCUT2D eigenvalue weighted by Crippen LogP contribution is -2.33. The molecule has 5 rings (SSSR count). The van der Waals surface area contributed by atoms with Crippen molar-refractivity contribution in [3.05, 3.63) is 48.7 Å². The Morgan fingerprint density at radius 1 is 1.24 bits per heavy atom. The molecule has 0 unspecified atom stereocenters. The molecule has 1 aromatic carbocycles. The number of hydrogen-bond acceptors (Lipinski definition) is 6. The molecule has 0 atom stereocenters. The van der Waals surface area contributed by atoms with Gasteiger partial charge in [-0.05, 0) is 50.4 Å². The Hall–Kier alpha value is -3.92. The molecule has 0 saturated heterocycles. The Kier molecular flexibility index (Phi) is 5.43. The fourth-order valence-corrected chi connectivity index (χ4v) is 4.06. The molecule has 0 fully saturated rings. The molecule has 10 nitrogen and oxygen atoms in total. The molecule has 10 heteroatoms. The van der Waals surface area contributed by atoms with Gasteiger partial charge in [0.25, 0.3) is 0 Å². The summed E-state index contributed by atoms with van der Waals surface area (Å²) in [5.74, 6) is 0.713. The highest BCUT2D eigenvalue weighted by molar-refractivity contribution is 5.93. The van der Waals surface area contributed by atoms with Crippen LogP contribution < -0.4 is 5.32 Å². The molecule has 3 N–H and O–H groups in total. The van der Waals surface area contributed by atoms with Crippen molar-refractivity contribution in [2.45, 2.75) is 13.0 Å². The molecule has 3 aromatic heterocycles. The van der Waals surface area contributed by atoms with Gasteiger partial charge in [-0.3, -0.25) is 0 Å². The first-order valence-electron chi connectivity index (χ1n) is 10.9. The number of carbonyl (C=O) groups is 1. The number of imidazole rings is 1. The van der Waals surface area contributed by atoms with Crippen LogP contribution in [0.4, 0.5) is 16.3 Å². The number of benzene rings is 1. The van der Waals surface area contributed by atoms with Crippen LogP contribution in [-0.2, 0) is 6.54 Å². The van der Waals surface area contributed by atoms with Crippen LogP contribution in [0.5, 0.6) is 0 Å². The van der Waals surface area contributed by atoms with Crippen molar-refractivity contribution in [3.63, 3.8) is 0 Å². The molecule has 0 aliphatic carbocycles. The van der Waals surface area contributed by atoms with Crippen molar-refractivity contribution in [1.82, 2.24) is 34.3 Å². The lowest BCUT2D eigenvalue weighted by atomic mass is 10.1. The van der Waals surface area contributed by atoms with Crippen LogP contribution in [0.15, 0.2) is 43.0 Å². The van der Waals surface area contributed by atoms with Crippen LogP contribution in [0.3, 0.4) is 0 Å². The summed E-state index contributed by atoms with van der Waals surface area (Å²) in [7, 11) is 4.12. The minimum Gasteiger partial charge on any atom is -0.465 e. The first-order valence-corrected chi connectivity index (χ1v) is 10.9. The van der Waals surface area contributed by atoms with E-state index in [9.17, 15) is 4.79 Å². The number of aromatic nitrogens is 5. The zero-order valence-corrected chi connectivity index (χ0v) is 18.6. The summed E-state index contributed by atoms with van der Waals surface area (Å²) in [6, 6.07) is 8.12. The molecule has 1 amide bonds. The van der Waals surface area contributed by atoms with E-state index in [0.717, 1.165) is 52.1 Å².